The Hall–Kier alpha value is -2.36. The quantitative estimate of drug-likeness (QED) is 0.624. The summed E-state index contributed by atoms with van der Waals surface area (Å²) < 4.78 is 0. The minimum atomic E-state index is -0.308. The normalized spacial score (nSPS) is 13.4. The van der Waals surface area contributed by atoms with Crippen LogP contribution in [-0.4, -0.2) is 11.5 Å². The molecule has 1 heterocycles. The third kappa shape index (κ3) is 2.17. The number of rotatable bonds is 3. The Morgan fingerprint density at radius 3 is 2.68 bits per heavy atom. The summed E-state index contributed by atoms with van der Waals surface area (Å²) in [5.41, 5.74) is 3.48. The molecule has 0 saturated heterocycles. The highest BCUT2D eigenvalue weighted by Crippen LogP contribution is 2.30. The molecule has 4 nitrogen and oxygen atoms in total. The topological polar surface area (TPSA) is 46.4 Å². The zero-order valence-electron chi connectivity index (χ0n) is 10.5. The summed E-state index contributed by atoms with van der Waals surface area (Å²) in [4.78, 5) is 12.9. The highest BCUT2D eigenvalue weighted by molar-refractivity contribution is 5.58. The van der Waals surface area contributed by atoms with Crippen LogP contribution in [0.15, 0.2) is 48.5 Å². The fraction of sp³-hybridized carbons (Fsp3) is 0.200. The maximum atomic E-state index is 11.0. The van der Waals surface area contributed by atoms with E-state index in [1.165, 1.54) is 11.3 Å². The van der Waals surface area contributed by atoms with E-state index in [0.717, 1.165) is 18.5 Å². The summed E-state index contributed by atoms with van der Waals surface area (Å²) >= 11 is 0. The van der Waals surface area contributed by atoms with Crippen LogP contribution in [-0.2, 0) is 13.0 Å². The maximum absolute atomic E-state index is 11.0. The highest BCUT2D eigenvalue weighted by atomic mass is 16.6. The maximum Gasteiger partial charge on any atom is 0.274 e. The molecule has 3 rings (SSSR count). The van der Waals surface area contributed by atoms with Gasteiger partial charge in [-0.15, -0.1) is 0 Å². The summed E-state index contributed by atoms with van der Waals surface area (Å²) in [6.07, 6.45) is 1.01. The third-order valence-electron chi connectivity index (χ3n) is 3.53. The van der Waals surface area contributed by atoms with Crippen molar-refractivity contribution in [3.05, 3.63) is 69.8 Å². The van der Waals surface area contributed by atoms with Crippen LogP contribution in [0.1, 0.15) is 11.1 Å². The molecule has 1 aliphatic heterocycles. The fourth-order valence-electron chi connectivity index (χ4n) is 2.60. The molecule has 0 N–H and O–H groups in total. The number of nitro groups is 1. The molecule has 0 fully saturated rings. The second-order valence-corrected chi connectivity index (χ2v) is 4.69. The van der Waals surface area contributed by atoms with Crippen molar-refractivity contribution in [2.75, 3.05) is 11.4 Å². The number of para-hydroxylation sites is 2. The van der Waals surface area contributed by atoms with E-state index in [1.807, 2.05) is 24.3 Å². The average Bonchev–Trinajstić information content (AvgIpc) is 2.83. The Bertz CT molecular complexity index is 625. The van der Waals surface area contributed by atoms with Crippen LogP contribution in [0, 0.1) is 10.1 Å². The number of nitrogens with zero attached hydrogens (tertiary/aromatic N) is 2. The predicted octanol–water partition coefficient (Wildman–Crippen LogP) is 3.16. The molecule has 0 atom stereocenters. The lowest BCUT2D eigenvalue weighted by atomic mass is 10.1. The predicted molar refractivity (Wildman–Crippen MR) is 74.3 cm³/mol. The summed E-state index contributed by atoms with van der Waals surface area (Å²) in [5, 5.41) is 11.0. The molecule has 0 spiro atoms. The van der Waals surface area contributed by atoms with Crippen molar-refractivity contribution in [2.45, 2.75) is 13.0 Å². The molecular formula is C15H14N2O2. The van der Waals surface area contributed by atoms with Crippen LogP contribution in [0.3, 0.4) is 0 Å². The third-order valence-corrected chi connectivity index (χ3v) is 3.53. The van der Waals surface area contributed by atoms with Crippen LogP contribution in [0.5, 0.6) is 0 Å². The summed E-state index contributed by atoms with van der Waals surface area (Å²) in [6, 6.07) is 15.2. The second-order valence-electron chi connectivity index (χ2n) is 4.69. The van der Waals surface area contributed by atoms with E-state index in [9.17, 15) is 10.1 Å². The van der Waals surface area contributed by atoms with Crippen LogP contribution in [0.2, 0.25) is 0 Å². The van der Waals surface area contributed by atoms with Gasteiger partial charge in [0, 0.05) is 30.4 Å². The molecule has 2 aromatic carbocycles. The smallest absolute Gasteiger partial charge is 0.274 e. The van der Waals surface area contributed by atoms with Crippen molar-refractivity contribution in [3.63, 3.8) is 0 Å². The van der Waals surface area contributed by atoms with Gasteiger partial charge in [-0.25, -0.2) is 0 Å². The van der Waals surface area contributed by atoms with Crippen molar-refractivity contribution in [1.82, 2.24) is 0 Å². The Morgan fingerprint density at radius 2 is 1.84 bits per heavy atom. The number of hydrogen-bond acceptors (Lipinski definition) is 3. The first-order chi connectivity index (χ1) is 9.25. The van der Waals surface area contributed by atoms with E-state index < -0.39 is 0 Å². The number of anilines is 1. The molecule has 96 valence electrons. The number of nitro benzene ring substituents is 1. The lowest BCUT2D eigenvalue weighted by molar-refractivity contribution is -0.385. The SMILES string of the molecule is O=[N+]([O-])c1ccccc1CN1CCc2ccccc21. The van der Waals surface area contributed by atoms with E-state index in [-0.39, 0.29) is 10.6 Å². The molecule has 0 aliphatic carbocycles. The molecule has 0 aromatic heterocycles. The van der Waals surface area contributed by atoms with Crippen LogP contribution < -0.4 is 4.90 Å². The van der Waals surface area contributed by atoms with Gasteiger partial charge in [0.25, 0.3) is 5.69 Å². The van der Waals surface area contributed by atoms with Crippen molar-refractivity contribution in [3.8, 4) is 0 Å². The van der Waals surface area contributed by atoms with Gasteiger partial charge in [0.15, 0.2) is 0 Å². The van der Waals surface area contributed by atoms with E-state index in [4.69, 9.17) is 0 Å². The first-order valence-electron chi connectivity index (χ1n) is 6.31. The van der Waals surface area contributed by atoms with Gasteiger partial charge in [0.1, 0.15) is 0 Å². The van der Waals surface area contributed by atoms with Gasteiger partial charge < -0.3 is 4.90 Å². The van der Waals surface area contributed by atoms with Crippen LogP contribution in [0.4, 0.5) is 11.4 Å². The molecule has 19 heavy (non-hydrogen) atoms. The zero-order chi connectivity index (χ0) is 13.2. The molecular weight excluding hydrogens is 240 g/mol. The largest absolute Gasteiger partial charge is 0.366 e. The first-order valence-corrected chi connectivity index (χ1v) is 6.31. The Labute approximate surface area is 111 Å². The van der Waals surface area contributed by atoms with Gasteiger partial charge in [-0.2, -0.15) is 0 Å². The van der Waals surface area contributed by atoms with Gasteiger partial charge in [-0.1, -0.05) is 36.4 Å². The molecule has 1 aliphatic rings. The van der Waals surface area contributed by atoms with E-state index in [0.29, 0.717) is 6.54 Å². The monoisotopic (exact) mass is 254 g/mol. The van der Waals surface area contributed by atoms with Gasteiger partial charge in [0.2, 0.25) is 0 Å². The van der Waals surface area contributed by atoms with E-state index in [2.05, 4.69) is 17.0 Å². The number of benzene rings is 2. The lowest BCUT2D eigenvalue weighted by Gasteiger charge is -2.19. The molecule has 4 heteroatoms. The zero-order valence-corrected chi connectivity index (χ0v) is 10.5. The van der Waals surface area contributed by atoms with Gasteiger partial charge in [-0.05, 0) is 18.1 Å². The minimum Gasteiger partial charge on any atom is -0.366 e. The van der Waals surface area contributed by atoms with Gasteiger partial charge in [-0.3, -0.25) is 10.1 Å². The van der Waals surface area contributed by atoms with Crippen LogP contribution >= 0.6 is 0 Å². The number of hydrogen-bond donors (Lipinski definition) is 0. The molecule has 0 radical (unpaired) electrons. The summed E-state index contributed by atoms with van der Waals surface area (Å²) in [5.74, 6) is 0. The van der Waals surface area contributed by atoms with Crippen molar-refractivity contribution in [2.24, 2.45) is 0 Å². The Morgan fingerprint density at radius 1 is 1.11 bits per heavy atom. The van der Waals surface area contributed by atoms with Gasteiger partial charge >= 0.3 is 0 Å². The van der Waals surface area contributed by atoms with Gasteiger partial charge in [0.05, 0.1) is 4.92 Å². The highest BCUT2D eigenvalue weighted by Gasteiger charge is 2.21. The van der Waals surface area contributed by atoms with E-state index in [1.54, 1.807) is 12.1 Å². The average molecular weight is 254 g/mol. The van der Waals surface area contributed by atoms with Crippen LogP contribution in [0.25, 0.3) is 0 Å². The molecule has 0 amide bonds. The van der Waals surface area contributed by atoms with Crippen molar-refractivity contribution in [1.29, 1.82) is 0 Å². The molecule has 0 unspecified atom stereocenters. The second kappa shape index (κ2) is 4.72. The molecule has 0 bridgehead atoms. The Balaban J connectivity index is 1.90. The minimum absolute atomic E-state index is 0.201. The van der Waals surface area contributed by atoms with E-state index >= 15 is 0 Å². The summed E-state index contributed by atoms with van der Waals surface area (Å²) in [7, 11) is 0. The van der Waals surface area contributed by atoms with Crippen molar-refractivity contribution >= 4 is 11.4 Å². The molecule has 2 aromatic rings. The lowest BCUT2D eigenvalue weighted by Crippen LogP contribution is -2.20. The standard InChI is InChI=1S/C15H14N2O2/c18-17(19)15-8-4-2-6-13(15)11-16-10-9-12-5-1-3-7-14(12)16/h1-8H,9-11H2. The Kier molecular flexibility index (Phi) is 2.91. The first kappa shape index (κ1) is 11.7. The summed E-state index contributed by atoms with van der Waals surface area (Å²) in [6.45, 7) is 1.51. The molecule has 0 saturated carbocycles. The number of fused-ring (bicyclic) bond motifs is 1. The fourth-order valence-corrected chi connectivity index (χ4v) is 2.60. The van der Waals surface area contributed by atoms with Crippen molar-refractivity contribution < 1.29 is 4.92 Å².